The first-order valence-corrected chi connectivity index (χ1v) is 4.00. The van der Waals surface area contributed by atoms with Crippen molar-refractivity contribution in [3.05, 3.63) is 18.2 Å². The fourth-order valence-electron chi connectivity index (χ4n) is 0.956. The molecule has 4 nitrogen and oxygen atoms in total. The van der Waals surface area contributed by atoms with Gasteiger partial charge in [0.25, 0.3) is 0 Å². The molecule has 0 aliphatic carbocycles. The molecule has 0 atom stereocenters. The molecule has 1 aliphatic heterocycles. The summed E-state index contributed by atoms with van der Waals surface area (Å²) in [5.74, 6) is 0.0184. The van der Waals surface area contributed by atoms with Gasteiger partial charge in [-0.1, -0.05) is 6.07 Å². The van der Waals surface area contributed by atoms with E-state index >= 15 is 0 Å². The van der Waals surface area contributed by atoms with Crippen LogP contribution in [0, 0.1) is 0 Å². The summed E-state index contributed by atoms with van der Waals surface area (Å²) in [6.45, 7) is 0. The monoisotopic (exact) mass is 181 g/mol. The standard InChI is InChI=1S/C7H5N2O2S/c10-5-2-1-3-6-7(5)9(11)4-8-12-6/h1-3,10-11H. The van der Waals surface area contributed by atoms with Crippen LogP contribution in [0.2, 0.25) is 0 Å². The molecule has 1 radical (unpaired) electrons. The zero-order valence-corrected chi connectivity index (χ0v) is 6.75. The first kappa shape index (κ1) is 7.45. The molecule has 0 unspecified atom stereocenters. The Balaban J connectivity index is 2.58. The zero-order chi connectivity index (χ0) is 8.55. The first-order chi connectivity index (χ1) is 5.79. The minimum atomic E-state index is 0.0184. The Hall–Kier alpha value is -1.20. The molecule has 5 heteroatoms. The van der Waals surface area contributed by atoms with E-state index in [9.17, 15) is 10.3 Å². The average molecular weight is 181 g/mol. The summed E-state index contributed by atoms with van der Waals surface area (Å²) in [7, 11) is 0. The summed E-state index contributed by atoms with van der Waals surface area (Å²) in [5, 5.41) is 19.2. The van der Waals surface area contributed by atoms with E-state index in [4.69, 9.17) is 0 Å². The number of fused-ring (bicyclic) bond motifs is 1. The summed E-state index contributed by atoms with van der Waals surface area (Å²) in [5.41, 5.74) is 0.331. The normalized spacial score (nSPS) is 14.6. The van der Waals surface area contributed by atoms with Crippen LogP contribution in [0.1, 0.15) is 0 Å². The Morgan fingerprint density at radius 3 is 3.08 bits per heavy atom. The maximum atomic E-state index is 9.33. The Morgan fingerprint density at radius 1 is 1.50 bits per heavy atom. The number of para-hydroxylation sites is 1. The van der Waals surface area contributed by atoms with Crippen molar-refractivity contribution in [2.24, 2.45) is 4.40 Å². The summed E-state index contributed by atoms with van der Waals surface area (Å²) in [6, 6.07) is 4.94. The molecular weight excluding hydrogens is 176 g/mol. The van der Waals surface area contributed by atoms with Gasteiger partial charge in [0.15, 0.2) is 0 Å². The third kappa shape index (κ3) is 1.03. The smallest absolute Gasteiger partial charge is 0.211 e. The number of hydrogen-bond acceptors (Lipinski definition) is 5. The summed E-state index contributed by atoms with van der Waals surface area (Å²) >= 11 is 1.16. The van der Waals surface area contributed by atoms with Gasteiger partial charge in [-0.15, -0.1) is 0 Å². The third-order valence-electron chi connectivity index (χ3n) is 1.47. The van der Waals surface area contributed by atoms with Crippen molar-refractivity contribution < 1.29 is 10.3 Å². The van der Waals surface area contributed by atoms with Crippen molar-refractivity contribution in [2.45, 2.75) is 4.90 Å². The largest absolute Gasteiger partial charge is 0.506 e. The number of anilines is 1. The van der Waals surface area contributed by atoms with E-state index in [1.54, 1.807) is 12.1 Å². The molecule has 0 fully saturated rings. The van der Waals surface area contributed by atoms with Crippen LogP contribution in [0.5, 0.6) is 5.75 Å². The fraction of sp³-hybridized carbons (Fsp3) is 0. The maximum Gasteiger partial charge on any atom is 0.211 e. The van der Waals surface area contributed by atoms with E-state index < -0.39 is 0 Å². The molecule has 0 saturated heterocycles. The minimum Gasteiger partial charge on any atom is -0.506 e. The molecule has 0 spiro atoms. The van der Waals surface area contributed by atoms with Crippen LogP contribution >= 0.6 is 11.9 Å². The summed E-state index contributed by atoms with van der Waals surface area (Å²) in [6.07, 6.45) is 2.30. The van der Waals surface area contributed by atoms with Gasteiger partial charge in [-0.2, -0.15) is 9.46 Å². The molecule has 0 saturated carbocycles. The molecular formula is C7H5N2O2S. The Labute approximate surface area is 73.2 Å². The summed E-state index contributed by atoms with van der Waals surface area (Å²) < 4.78 is 3.67. The molecule has 1 aliphatic rings. The second-order valence-corrected chi connectivity index (χ2v) is 3.02. The molecule has 0 bridgehead atoms. The molecule has 0 aromatic heterocycles. The lowest BCUT2D eigenvalue weighted by Gasteiger charge is -2.17. The number of phenolic OH excluding ortho intramolecular Hbond substituents is 1. The van der Waals surface area contributed by atoms with Crippen LogP contribution < -0.4 is 5.06 Å². The quantitative estimate of drug-likeness (QED) is 0.596. The lowest BCUT2D eigenvalue weighted by atomic mass is 10.3. The fourth-order valence-corrected chi connectivity index (χ4v) is 1.59. The number of aromatic hydroxyl groups is 1. The van der Waals surface area contributed by atoms with Crippen molar-refractivity contribution in [2.75, 3.05) is 5.06 Å². The van der Waals surface area contributed by atoms with E-state index in [2.05, 4.69) is 10.7 Å². The van der Waals surface area contributed by atoms with Crippen LogP contribution in [-0.4, -0.2) is 16.7 Å². The Bertz CT molecular complexity index is 340. The van der Waals surface area contributed by atoms with E-state index in [1.807, 2.05) is 0 Å². The van der Waals surface area contributed by atoms with E-state index in [-0.39, 0.29) is 5.75 Å². The lowest BCUT2D eigenvalue weighted by molar-refractivity contribution is 0.309. The number of hydrogen-bond donors (Lipinski definition) is 2. The van der Waals surface area contributed by atoms with Gasteiger partial charge >= 0.3 is 0 Å². The molecule has 0 amide bonds. The maximum absolute atomic E-state index is 9.33. The van der Waals surface area contributed by atoms with E-state index in [1.165, 1.54) is 6.07 Å². The van der Waals surface area contributed by atoms with Gasteiger partial charge in [-0.25, -0.2) is 0 Å². The Morgan fingerprint density at radius 2 is 2.33 bits per heavy atom. The van der Waals surface area contributed by atoms with Gasteiger partial charge in [-0.3, -0.25) is 5.21 Å². The lowest BCUT2D eigenvalue weighted by Crippen LogP contribution is -2.17. The number of benzene rings is 1. The first-order valence-electron chi connectivity index (χ1n) is 3.23. The molecule has 2 N–H and O–H groups in total. The summed E-state index contributed by atoms with van der Waals surface area (Å²) in [4.78, 5) is 0.705. The highest BCUT2D eigenvalue weighted by atomic mass is 32.2. The van der Waals surface area contributed by atoms with E-state index in [0.717, 1.165) is 11.9 Å². The zero-order valence-electron chi connectivity index (χ0n) is 5.93. The number of nitrogens with zero attached hydrogens (tertiary/aromatic N) is 2. The van der Waals surface area contributed by atoms with Crippen LogP contribution in [-0.2, 0) is 0 Å². The van der Waals surface area contributed by atoms with Crippen LogP contribution in [0.15, 0.2) is 27.5 Å². The highest BCUT2D eigenvalue weighted by Gasteiger charge is 2.17. The van der Waals surface area contributed by atoms with Gasteiger partial charge in [0.1, 0.15) is 11.4 Å². The molecule has 2 rings (SSSR count). The number of rotatable bonds is 0. The molecule has 1 aromatic carbocycles. The van der Waals surface area contributed by atoms with Gasteiger partial charge in [0.2, 0.25) is 6.34 Å². The minimum absolute atomic E-state index is 0.0184. The SMILES string of the molecule is Oc1cccc2c1N(O)[C]=NS2. The molecule has 61 valence electrons. The van der Waals surface area contributed by atoms with E-state index in [0.29, 0.717) is 15.6 Å². The molecule has 1 heterocycles. The second-order valence-electron chi connectivity index (χ2n) is 2.22. The van der Waals surface area contributed by atoms with Gasteiger partial charge in [0.05, 0.1) is 4.90 Å². The van der Waals surface area contributed by atoms with Crippen molar-refractivity contribution in [3.63, 3.8) is 0 Å². The van der Waals surface area contributed by atoms with Crippen molar-refractivity contribution >= 4 is 24.0 Å². The predicted molar refractivity (Wildman–Crippen MR) is 45.7 cm³/mol. The molecule has 1 aromatic rings. The van der Waals surface area contributed by atoms with Crippen molar-refractivity contribution in [1.82, 2.24) is 0 Å². The van der Waals surface area contributed by atoms with Crippen LogP contribution in [0.25, 0.3) is 0 Å². The third-order valence-corrected chi connectivity index (χ3v) is 2.17. The predicted octanol–water partition coefficient (Wildman–Crippen LogP) is 1.51. The van der Waals surface area contributed by atoms with Crippen LogP contribution in [0.3, 0.4) is 0 Å². The van der Waals surface area contributed by atoms with Gasteiger partial charge in [-0.05, 0) is 12.1 Å². The highest BCUT2D eigenvalue weighted by molar-refractivity contribution is 7.98. The second kappa shape index (κ2) is 2.69. The van der Waals surface area contributed by atoms with Gasteiger partial charge < -0.3 is 5.11 Å². The topological polar surface area (TPSA) is 56.1 Å². The van der Waals surface area contributed by atoms with Crippen molar-refractivity contribution in [3.8, 4) is 5.75 Å². The molecule has 12 heavy (non-hydrogen) atoms. The average Bonchev–Trinajstić information content (AvgIpc) is 2.04. The van der Waals surface area contributed by atoms with Crippen molar-refractivity contribution in [1.29, 1.82) is 0 Å². The van der Waals surface area contributed by atoms with Gasteiger partial charge in [0, 0.05) is 11.9 Å². The highest BCUT2D eigenvalue weighted by Crippen LogP contribution is 2.39. The number of hydroxylamine groups is 1. The Kier molecular flexibility index (Phi) is 1.67. The number of phenols is 1. The van der Waals surface area contributed by atoms with Crippen LogP contribution in [0.4, 0.5) is 5.69 Å².